The molecule has 0 spiro atoms. The van der Waals surface area contributed by atoms with E-state index >= 15 is 0 Å². The Bertz CT molecular complexity index is 690. The molecule has 1 amide bonds. The molecule has 0 atom stereocenters. The van der Waals surface area contributed by atoms with Crippen LogP contribution < -0.4 is 5.32 Å². The molecule has 1 aliphatic rings. The van der Waals surface area contributed by atoms with Gasteiger partial charge in [-0.05, 0) is 38.4 Å². The van der Waals surface area contributed by atoms with Gasteiger partial charge in [-0.25, -0.2) is 4.68 Å². The molecule has 7 heteroatoms. The Balaban J connectivity index is 1.54. The second-order valence-electron chi connectivity index (χ2n) is 6.26. The molecule has 0 aliphatic carbocycles. The van der Waals surface area contributed by atoms with Crippen molar-refractivity contribution in [2.75, 3.05) is 19.6 Å². The number of carbonyl (C=O) groups is 1. The number of nitrogens with one attached hydrogen (secondary N) is 1. The molecular formula is C17H24N6O. The number of likely N-dealkylation sites (tertiary alicyclic amines) is 1. The lowest BCUT2D eigenvalue weighted by Crippen LogP contribution is -2.45. The maximum atomic E-state index is 12.2. The van der Waals surface area contributed by atoms with Crippen molar-refractivity contribution in [3.05, 3.63) is 30.2 Å². The van der Waals surface area contributed by atoms with E-state index < -0.39 is 0 Å². The summed E-state index contributed by atoms with van der Waals surface area (Å²) in [4.78, 5) is 18.8. The zero-order valence-electron chi connectivity index (χ0n) is 14.3. The van der Waals surface area contributed by atoms with Crippen LogP contribution in [0.1, 0.15) is 25.5 Å². The predicted octanol–water partition coefficient (Wildman–Crippen LogP) is 1.25. The first-order valence-corrected chi connectivity index (χ1v) is 8.49. The summed E-state index contributed by atoms with van der Waals surface area (Å²) >= 11 is 0. The van der Waals surface area contributed by atoms with Crippen LogP contribution in [0, 0.1) is 6.92 Å². The monoisotopic (exact) mass is 328 g/mol. The largest absolute Gasteiger partial charge is 0.352 e. The molecule has 0 bridgehead atoms. The van der Waals surface area contributed by atoms with Gasteiger partial charge >= 0.3 is 0 Å². The number of pyridine rings is 1. The van der Waals surface area contributed by atoms with Crippen molar-refractivity contribution in [1.29, 1.82) is 0 Å². The predicted molar refractivity (Wildman–Crippen MR) is 91.3 cm³/mol. The third kappa shape index (κ3) is 4.17. The molecule has 0 radical (unpaired) electrons. The number of piperidine rings is 1. The van der Waals surface area contributed by atoms with Gasteiger partial charge in [-0.1, -0.05) is 12.1 Å². The summed E-state index contributed by atoms with van der Waals surface area (Å²) in [5.41, 5.74) is 2.64. The van der Waals surface area contributed by atoms with Gasteiger partial charge in [-0.2, -0.15) is 0 Å². The number of hydrogen-bond donors (Lipinski definition) is 1. The summed E-state index contributed by atoms with van der Waals surface area (Å²) in [5, 5.41) is 11.3. The van der Waals surface area contributed by atoms with Gasteiger partial charge in [0.25, 0.3) is 0 Å². The Morgan fingerprint density at radius 1 is 1.38 bits per heavy atom. The van der Waals surface area contributed by atoms with Crippen LogP contribution in [0.5, 0.6) is 0 Å². The fourth-order valence-corrected chi connectivity index (χ4v) is 3.03. The number of rotatable bonds is 5. The summed E-state index contributed by atoms with van der Waals surface area (Å²) < 4.78 is 1.58. The van der Waals surface area contributed by atoms with E-state index in [0.717, 1.165) is 49.4 Å². The van der Waals surface area contributed by atoms with Crippen molar-refractivity contribution < 1.29 is 4.79 Å². The molecule has 2 aromatic heterocycles. The van der Waals surface area contributed by atoms with Gasteiger partial charge in [-0.15, -0.1) is 5.10 Å². The topological polar surface area (TPSA) is 75.9 Å². The lowest BCUT2D eigenvalue weighted by molar-refractivity contribution is -0.122. The van der Waals surface area contributed by atoms with Crippen LogP contribution in [-0.4, -0.2) is 56.5 Å². The second-order valence-corrected chi connectivity index (χ2v) is 6.26. The summed E-state index contributed by atoms with van der Waals surface area (Å²) in [6.07, 6.45) is 5.57. The van der Waals surface area contributed by atoms with Crippen LogP contribution in [0.2, 0.25) is 0 Å². The normalized spacial score (nSPS) is 16.2. The van der Waals surface area contributed by atoms with Crippen LogP contribution in [-0.2, 0) is 11.3 Å². The molecule has 1 N–H and O–H groups in total. The lowest BCUT2D eigenvalue weighted by atomic mass is 10.1. The van der Waals surface area contributed by atoms with Crippen molar-refractivity contribution in [1.82, 2.24) is 30.2 Å². The maximum Gasteiger partial charge on any atom is 0.242 e. The molecule has 128 valence electrons. The zero-order valence-corrected chi connectivity index (χ0v) is 14.3. The Morgan fingerprint density at radius 3 is 2.88 bits per heavy atom. The molecule has 7 nitrogen and oxygen atoms in total. The molecule has 0 aromatic carbocycles. The molecular weight excluding hydrogens is 304 g/mol. The molecule has 0 unspecified atom stereocenters. The van der Waals surface area contributed by atoms with Crippen LogP contribution in [0.25, 0.3) is 11.3 Å². The fourth-order valence-electron chi connectivity index (χ4n) is 3.03. The minimum atomic E-state index is -0.00712. The highest BCUT2D eigenvalue weighted by Gasteiger charge is 2.19. The Labute approximate surface area is 142 Å². The molecule has 3 heterocycles. The quantitative estimate of drug-likeness (QED) is 0.894. The summed E-state index contributed by atoms with van der Waals surface area (Å²) in [7, 11) is 0. The highest BCUT2D eigenvalue weighted by Crippen LogP contribution is 2.16. The van der Waals surface area contributed by atoms with Crippen molar-refractivity contribution in [2.24, 2.45) is 0 Å². The van der Waals surface area contributed by atoms with Gasteiger partial charge in [-0.3, -0.25) is 9.78 Å². The highest BCUT2D eigenvalue weighted by molar-refractivity contribution is 5.76. The first kappa shape index (κ1) is 16.6. The van der Waals surface area contributed by atoms with Crippen molar-refractivity contribution >= 4 is 5.91 Å². The van der Waals surface area contributed by atoms with Crippen LogP contribution in [0.3, 0.4) is 0 Å². The van der Waals surface area contributed by atoms with Gasteiger partial charge in [0.1, 0.15) is 12.2 Å². The van der Waals surface area contributed by atoms with Crippen molar-refractivity contribution in [3.8, 4) is 11.3 Å². The summed E-state index contributed by atoms with van der Waals surface area (Å²) in [6.45, 7) is 7.49. The number of nitrogens with zero attached hydrogens (tertiary/aromatic N) is 5. The summed E-state index contributed by atoms with van der Waals surface area (Å²) in [6, 6.07) is 4.12. The third-order valence-corrected chi connectivity index (χ3v) is 4.44. The fraction of sp³-hybridized carbons (Fsp3) is 0.529. The Kier molecular flexibility index (Phi) is 5.20. The minimum absolute atomic E-state index is 0.00712. The van der Waals surface area contributed by atoms with E-state index in [-0.39, 0.29) is 18.5 Å². The third-order valence-electron chi connectivity index (χ3n) is 4.44. The van der Waals surface area contributed by atoms with E-state index in [2.05, 4.69) is 32.4 Å². The number of carbonyl (C=O) groups excluding carboxylic acids is 1. The van der Waals surface area contributed by atoms with E-state index in [0.29, 0.717) is 0 Å². The molecule has 1 fully saturated rings. The molecule has 1 aliphatic heterocycles. The average Bonchev–Trinajstić information content (AvgIpc) is 3.04. The van der Waals surface area contributed by atoms with Crippen LogP contribution >= 0.6 is 0 Å². The van der Waals surface area contributed by atoms with Gasteiger partial charge in [0.05, 0.1) is 6.20 Å². The molecule has 24 heavy (non-hydrogen) atoms. The van der Waals surface area contributed by atoms with E-state index in [1.165, 1.54) is 0 Å². The van der Waals surface area contributed by atoms with Gasteiger partial charge in [0.15, 0.2) is 0 Å². The Morgan fingerprint density at radius 2 is 2.17 bits per heavy atom. The smallest absolute Gasteiger partial charge is 0.242 e. The molecule has 2 aromatic rings. The number of amides is 1. The van der Waals surface area contributed by atoms with E-state index in [1.807, 2.05) is 19.1 Å². The maximum absolute atomic E-state index is 12.2. The highest BCUT2D eigenvalue weighted by atomic mass is 16.2. The van der Waals surface area contributed by atoms with Crippen LogP contribution in [0.4, 0.5) is 0 Å². The molecule has 1 saturated heterocycles. The SMILES string of the molecule is CCN1CCC(NC(=O)Cn2cc(-c3ccnc(C)c3)nn2)CC1. The molecule has 3 rings (SSSR count). The zero-order chi connectivity index (χ0) is 16.9. The van der Waals surface area contributed by atoms with Gasteiger partial charge < -0.3 is 10.2 Å². The minimum Gasteiger partial charge on any atom is -0.352 e. The van der Waals surface area contributed by atoms with Gasteiger partial charge in [0.2, 0.25) is 5.91 Å². The van der Waals surface area contributed by atoms with Gasteiger partial charge in [0, 0.05) is 36.6 Å². The standard InChI is InChI=1S/C17H24N6O/c1-3-22-8-5-15(6-9-22)19-17(24)12-23-11-16(20-21-23)14-4-7-18-13(2)10-14/h4,7,10-11,15H,3,5-6,8-9,12H2,1-2H3,(H,19,24). The molecule has 0 saturated carbocycles. The second kappa shape index (κ2) is 7.53. The van der Waals surface area contributed by atoms with E-state index in [1.54, 1.807) is 17.1 Å². The van der Waals surface area contributed by atoms with E-state index in [9.17, 15) is 4.79 Å². The van der Waals surface area contributed by atoms with Crippen molar-refractivity contribution in [3.63, 3.8) is 0 Å². The van der Waals surface area contributed by atoms with E-state index in [4.69, 9.17) is 0 Å². The lowest BCUT2D eigenvalue weighted by Gasteiger charge is -2.31. The Hall–Kier alpha value is -2.28. The number of hydrogen-bond acceptors (Lipinski definition) is 5. The average molecular weight is 328 g/mol. The number of aromatic nitrogens is 4. The number of aryl methyl sites for hydroxylation is 1. The van der Waals surface area contributed by atoms with Crippen molar-refractivity contribution in [2.45, 2.75) is 39.3 Å². The first-order valence-electron chi connectivity index (χ1n) is 8.49. The summed E-state index contributed by atoms with van der Waals surface area (Å²) in [5.74, 6) is -0.00712. The van der Waals surface area contributed by atoms with Crippen LogP contribution in [0.15, 0.2) is 24.5 Å². The first-order chi connectivity index (χ1) is 11.6.